The van der Waals surface area contributed by atoms with Gasteiger partial charge in [-0.25, -0.2) is 28.1 Å². The summed E-state index contributed by atoms with van der Waals surface area (Å²) < 4.78 is 31.5. The zero-order valence-electron chi connectivity index (χ0n) is 17.3. The lowest BCUT2D eigenvalue weighted by Gasteiger charge is -2.10. The minimum Gasteiger partial charge on any atom is -0.369 e. The van der Waals surface area contributed by atoms with E-state index in [-0.39, 0.29) is 11.4 Å². The van der Waals surface area contributed by atoms with E-state index >= 15 is 0 Å². The summed E-state index contributed by atoms with van der Waals surface area (Å²) in [6.07, 6.45) is 3.18. The van der Waals surface area contributed by atoms with Crippen LogP contribution >= 0.6 is 0 Å². The van der Waals surface area contributed by atoms with Crippen LogP contribution in [0, 0.1) is 27.7 Å². The normalized spacial score (nSPS) is 11.8. The van der Waals surface area contributed by atoms with Gasteiger partial charge in [0.05, 0.1) is 17.1 Å². The summed E-state index contributed by atoms with van der Waals surface area (Å²) >= 11 is 0. The van der Waals surface area contributed by atoms with Gasteiger partial charge in [0.2, 0.25) is 10.0 Å². The van der Waals surface area contributed by atoms with Crippen molar-refractivity contribution in [3.05, 3.63) is 41.5 Å². The van der Waals surface area contributed by atoms with Crippen molar-refractivity contribution < 1.29 is 8.42 Å². The van der Waals surface area contributed by atoms with Crippen LogP contribution in [0.5, 0.6) is 0 Å². The Kier molecular flexibility index (Phi) is 5.99. The van der Waals surface area contributed by atoms with Crippen LogP contribution in [-0.2, 0) is 16.6 Å². The number of hydrogen-bond acceptors (Lipinski definition) is 7. The summed E-state index contributed by atoms with van der Waals surface area (Å²) in [6.45, 7) is 10.5. The van der Waals surface area contributed by atoms with Crippen LogP contribution < -0.4 is 10.0 Å². The highest BCUT2D eigenvalue weighted by molar-refractivity contribution is 7.89. The van der Waals surface area contributed by atoms with Gasteiger partial charge >= 0.3 is 0 Å². The molecule has 2 N–H and O–H groups in total. The molecule has 0 spiro atoms. The van der Waals surface area contributed by atoms with Gasteiger partial charge in [-0.15, -0.1) is 0 Å². The number of sulfonamides is 1. The third kappa shape index (κ3) is 4.30. The van der Waals surface area contributed by atoms with Crippen LogP contribution in [-0.4, -0.2) is 50.8 Å². The zero-order chi connectivity index (χ0) is 21.2. The van der Waals surface area contributed by atoms with E-state index in [9.17, 15) is 8.42 Å². The van der Waals surface area contributed by atoms with E-state index in [0.29, 0.717) is 36.1 Å². The third-order valence-corrected chi connectivity index (χ3v) is 6.47. The molecule has 0 saturated heterocycles. The van der Waals surface area contributed by atoms with E-state index in [1.807, 2.05) is 25.3 Å². The zero-order valence-corrected chi connectivity index (χ0v) is 18.1. The first-order valence-electron chi connectivity index (χ1n) is 9.35. The molecular weight excluding hydrogens is 392 g/mol. The fourth-order valence-electron chi connectivity index (χ4n) is 3.13. The summed E-state index contributed by atoms with van der Waals surface area (Å²) in [4.78, 5) is 13.0. The van der Waals surface area contributed by atoms with Crippen LogP contribution in [0.2, 0.25) is 0 Å². The van der Waals surface area contributed by atoms with Crippen molar-refractivity contribution in [2.45, 2.75) is 46.1 Å². The Morgan fingerprint density at radius 2 is 1.76 bits per heavy atom. The molecule has 0 atom stereocenters. The molecule has 0 aromatic carbocycles. The summed E-state index contributed by atoms with van der Waals surface area (Å²) in [5.41, 5.74) is 3.07. The number of aromatic nitrogens is 6. The third-order valence-electron chi connectivity index (χ3n) is 4.76. The molecule has 0 bridgehead atoms. The second kappa shape index (κ2) is 8.29. The average Bonchev–Trinajstić information content (AvgIpc) is 3.17. The molecule has 0 aliphatic rings. The average molecular weight is 419 g/mol. The molecule has 3 aromatic rings. The van der Waals surface area contributed by atoms with Crippen molar-refractivity contribution >= 4 is 15.8 Å². The van der Waals surface area contributed by atoms with E-state index in [1.54, 1.807) is 30.9 Å². The Balaban J connectivity index is 1.63. The van der Waals surface area contributed by atoms with Gasteiger partial charge in [0.25, 0.3) is 0 Å². The molecule has 0 amide bonds. The van der Waals surface area contributed by atoms with E-state index in [1.165, 1.54) is 6.33 Å². The first kappa shape index (κ1) is 20.9. The molecule has 0 saturated carbocycles. The highest BCUT2D eigenvalue weighted by Crippen LogP contribution is 2.19. The number of imidazole rings is 1. The molecule has 10 nitrogen and oxygen atoms in total. The molecule has 3 rings (SSSR count). The molecule has 11 heteroatoms. The van der Waals surface area contributed by atoms with E-state index in [2.05, 4.69) is 30.1 Å². The molecule has 156 valence electrons. The lowest BCUT2D eigenvalue weighted by Crippen LogP contribution is -2.29. The summed E-state index contributed by atoms with van der Waals surface area (Å²) in [5, 5.41) is 7.39. The van der Waals surface area contributed by atoms with Crippen molar-refractivity contribution in [3.8, 4) is 5.82 Å². The highest BCUT2D eigenvalue weighted by Gasteiger charge is 2.23. The summed E-state index contributed by atoms with van der Waals surface area (Å²) in [7, 11) is -3.64. The standard InChI is InChI=1S/C18H26N8O2S/c1-6-26-15(5)18(13(3)24-26)29(27,28)23-8-7-19-16-9-17(21-10-20-16)25-11-22-12(2)14(25)4/h9-11,23H,6-8H2,1-5H3,(H,19,20,21). The molecule has 3 aromatic heterocycles. The number of anilines is 1. The van der Waals surface area contributed by atoms with Gasteiger partial charge in [-0.3, -0.25) is 9.25 Å². The lowest BCUT2D eigenvalue weighted by molar-refractivity contribution is 0.580. The van der Waals surface area contributed by atoms with Crippen molar-refractivity contribution in [2.75, 3.05) is 18.4 Å². The molecule has 0 fully saturated rings. The topological polar surface area (TPSA) is 120 Å². The number of nitrogens with zero attached hydrogens (tertiary/aromatic N) is 6. The molecule has 0 radical (unpaired) electrons. The SMILES string of the molecule is CCn1nc(C)c(S(=O)(=O)NCCNc2cc(-n3cnc(C)c3C)ncn2)c1C. The Morgan fingerprint density at radius 3 is 2.38 bits per heavy atom. The van der Waals surface area contributed by atoms with Crippen molar-refractivity contribution in [1.29, 1.82) is 0 Å². The van der Waals surface area contributed by atoms with Gasteiger partial charge in [-0.2, -0.15) is 5.10 Å². The minimum absolute atomic E-state index is 0.209. The van der Waals surface area contributed by atoms with Gasteiger partial charge in [0.1, 0.15) is 29.2 Å². The highest BCUT2D eigenvalue weighted by atomic mass is 32.2. The first-order chi connectivity index (χ1) is 13.7. The maximum atomic E-state index is 12.7. The lowest BCUT2D eigenvalue weighted by atomic mass is 10.4. The van der Waals surface area contributed by atoms with E-state index < -0.39 is 10.0 Å². The Labute approximate surface area is 170 Å². The Hall–Kier alpha value is -2.79. The molecular formula is C18H26N8O2S. The number of hydrogen-bond donors (Lipinski definition) is 2. The second-order valence-electron chi connectivity index (χ2n) is 6.69. The maximum Gasteiger partial charge on any atom is 0.244 e. The molecule has 0 aliphatic heterocycles. The number of aryl methyl sites for hydroxylation is 3. The molecule has 0 aliphatic carbocycles. The van der Waals surface area contributed by atoms with Crippen molar-refractivity contribution in [3.63, 3.8) is 0 Å². The van der Waals surface area contributed by atoms with Crippen molar-refractivity contribution in [2.24, 2.45) is 0 Å². The Bertz CT molecular complexity index is 1120. The van der Waals surface area contributed by atoms with Gasteiger partial charge < -0.3 is 5.32 Å². The monoisotopic (exact) mass is 418 g/mol. The predicted octanol–water partition coefficient (Wildman–Crippen LogP) is 1.50. The second-order valence-corrected chi connectivity index (χ2v) is 8.39. The van der Waals surface area contributed by atoms with Gasteiger partial charge in [0, 0.05) is 31.4 Å². The minimum atomic E-state index is -3.64. The van der Waals surface area contributed by atoms with Gasteiger partial charge in [-0.05, 0) is 34.6 Å². The smallest absolute Gasteiger partial charge is 0.244 e. The van der Waals surface area contributed by atoms with E-state index in [0.717, 1.165) is 11.4 Å². The maximum absolute atomic E-state index is 12.7. The Morgan fingerprint density at radius 1 is 1.00 bits per heavy atom. The fraction of sp³-hybridized carbons (Fsp3) is 0.444. The van der Waals surface area contributed by atoms with Crippen LogP contribution in [0.15, 0.2) is 23.6 Å². The van der Waals surface area contributed by atoms with E-state index in [4.69, 9.17) is 0 Å². The molecule has 3 heterocycles. The van der Waals surface area contributed by atoms with Gasteiger partial charge in [0.15, 0.2) is 0 Å². The predicted molar refractivity (Wildman–Crippen MR) is 110 cm³/mol. The first-order valence-corrected chi connectivity index (χ1v) is 10.8. The molecule has 0 unspecified atom stereocenters. The number of nitrogens with one attached hydrogen (secondary N) is 2. The number of rotatable bonds is 8. The van der Waals surface area contributed by atoms with Crippen LogP contribution in [0.4, 0.5) is 5.82 Å². The van der Waals surface area contributed by atoms with Crippen LogP contribution in [0.25, 0.3) is 5.82 Å². The van der Waals surface area contributed by atoms with Crippen LogP contribution in [0.1, 0.15) is 29.7 Å². The summed E-state index contributed by atoms with van der Waals surface area (Å²) in [6, 6.07) is 1.79. The quantitative estimate of drug-likeness (QED) is 0.532. The largest absolute Gasteiger partial charge is 0.369 e. The van der Waals surface area contributed by atoms with Gasteiger partial charge in [-0.1, -0.05) is 0 Å². The van der Waals surface area contributed by atoms with Crippen LogP contribution in [0.3, 0.4) is 0 Å². The fourth-order valence-corrected chi connectivity index (χ4v) is 4.57. The molecule has 29 heavy (non-hydrogen) atoms. The summed E-state index contributed by atoms with van der Waals surface area (Å²) in [5.74, 6) is 1.30. The van der Waals surface area contributed by atoms with Crippen molar-refractivity contribution in [1.82, 2.24) is 34.0 Å².